The lowest BCUT2D eigenvalue weighted by molar-refractivity contribution is -0.140. The van der Waals surface area contributed by atoms with Crippen LogP contribution in [0, 0.1) is 6.92 Å². The van der Waals surface area contributed by atoms with E-state index in [2.05, 4.69) is 20.4 Å². The summed E-state index contributed by atoms with van der Waals surface area (Å²) < 4.78 is 69.6. The second kappa shape index (κ2) is 9.24. The van der Waals surface area contributed by atoms with Crippen LogP contribution >= 0.6 is 22.9 Å². The smallest absolute Gasteiger partial charge is 0.365 e. The lowest BCUT2D eigenvalue weighted by Gasteiger charge is -2.12. The number of halogens is 6. The molecule has 0 saturated carbocycles. The van der Waals surface area contributed by atoms with Gasteiger partial charge < -0.3 is 11.1 Å². The number of anilines is 1. The normalized spacial score (nSPS) is 12.3. The molecular weight excluding hydrogens is 567 g/mol. The van der Waals surface area contributed by atoms with Crippen LogP contribution in [-0.2, 0) is 11.6 Å². The number of amides is 2. The van der Waals surface area contributed by atoms with Crippen molar-refractivity contribution in [2.75, 3.05) is 5.32 Å². The Hall–Kier alpha value is -4.17. The van der Waals surface area contributed by atoms with E-state index in [9.17, 15) is 31.5 Å². The highest BCUT2D eigenvalue weighted by Gasteiger charge is 2.36. The second-order valence-electron chi connectivity index (χ2n) is 8.30. The van der Waals surface area contributed by atoms with Crippen molar-refractivity contribution in [1.29, 1.82) is 0 Å². The molecule has 5 rings (SSSR count). The summed E-state index contributed by atoms with van der Waals surface area (Å²) in [5.41, 5.74) is 3.42. The Labute approximate surface area is 224 Å². The number of nitrogens with zero attached hydrogens (tertiary/aromatic N) is 4. The van der Waals surface area contributed by atoms with Gasteiger partial charge in [0.15, 0.2) is 11.3 Å². The van der Waals surface area contributed by atoms with Gasteiger partial charge in [-0.05, 0) is 41.8 Å². The summed E-state index contributed by atoms with van der Waals surface area (Å²) >= 11 is 5.76. The van der Waals surface area contributed by atoms with E-state index in [4.69, 9.17) is 17.3 Å². The monoisotopic (exact) mass is 580 g/mol. The van der Waals surface area contributed by atoms with Crippen LogP contribution in [0.4, 0.5) is 27.6 Å². The maximum atomic E-state index is 14.0. The van der Waals surface area contributed by atoms with Crippen LogP contribution in [-0.4, -0.2) is 31.4 Å². The number of aryl methyl sites for hydroxylation is 1. The van der Waals surface area contributed by atoms with Crippen LogP contribution in [0.25, 0.3) is 27.0 Å². The minimum Gasteiger partial charge on any atom is -0.365 e. The zero-order valence-electron chi connectivity index (χ0n) is 19.5. The number of hydrogen-bond acceptors (Lipinski definition) is 6. The van der Waals surface area contributed by atoms with Gasteiger partial charge in [-0.25, -0.2) is 14.5 Å². The number of fused-ring (bicyclic) bond motifs is 2. The number of primary amides is 1. The summed E-state index contributed by atoms with van der Waals surface area (Å²) in [6, 6.07) is 10.9. The first kappa shape index (κ1) is 26.4. The fraction of sp³-hybridized carbons (Fsp3) is 0.125. The maximum Gasteiger partial charge on any atom is 0.433 e. The molecular formula is C24H14ClF5N6O2S. The number of carbonyl (C=O) groups is 2. The van der Waals surface area contributed by atoms with Crippen molar-refractivity contribution in [3.8, 4) is 11.1 Å². The van der Waals surface area contributed by atoms with Gasteiger partial charge in [-0.3, -0.25) is 9.59 Å². The molecule has 39 heavy (non-hydrogen) atoms. The highest BCUT2D eigenvalue weighted by Crippen LogP contribution is 2.43. The van der Waals surface area contributed by atoms with Crippen LogP contribution in [0.15, 0.2) is 48.5 Å². The fourth-order valence-electron chi connectivity index (χ4n) is 3.97. The van der Waals surface area contributed by atoms with Crippen molar-refractivity contribution in [1.82, 2.24) is 19.6 Å². The Balaban J connectivity index is 1.70. The predicted molar refractivity (Wildman–Crippen MR) is 134 cm³/mol. The molecule has 0 aliphatic heterocycles. The first-order valence-electron chi connectivity index (χ1n) is 10.9. The lowest BCUT2D eigenvalue weighted by Crippen LogP contribution is -2.18. The Morgan fingerprint density at radius 1 is 1.05 bits per heavy atom. The highest BCUT2D eigenvalue weighted by molar-refractivity contribution is 7.21. The molecule has 0 atom stereocenters. The van der Waals surface area contributed by atoms with Gasteiger partial charge in [0.05, 0.1) is 5.69 Å². The van der Waals surface area contributed by atoms with E-state index < -0.39 is 34.8 Å². The number of rotatable bonds is 5. The minimum atomic E-state index is -4.80. The minimum absolute atomic E-state index is 0.0309. The van der Waals surface area contributed by atoms with Crippen molar-refractivity contribution in [2.24, 2.45) is 5.73 Å². The van der Waals surface area contributed by atoms with Gasteiger partial charge in [0.25, 0.3) is 11.8 Å². The van der Waals surface area contributed by atoms with Crippen LogP contribution in [0.2, 0.25) is 0 Å². The maximum absolute atomic E-state index is 14.0. The first-order chi connectivity index (χ1) is 18.2. The summed E-state index contributed by atoms with van der Waals surface area (Å²) in [7, 11) is 0. The number of nitrogens with two attached hydrogens (primary N) is 1. The summed E-state index contributed by atoms with van der Waals surface area (Å²) in [6.07, 6.45) is -4.80. The summed E-state index contributed by atoms with van der Waals surface area (Å²) in [6.45, 7) is 1.45. The third kappa shape index (κ3) is 4.88. The molecule has 0 unspecified atom stereocenters. The van der Waals surface area contributed by atoms with Crippen LogP contribution in [0.1, 0.15) is 37.2 Å². The quantitative estimate of drug-likeness (QED) is 0.196. The average molecular weight is 581 g/mol. The fourth-order valence-corrected chi connectivity index (χ4v) is 5.11. The Morgan fingerprint density at radius 2 is 1.74 bits per heavy atom. The number of carbonyl (C=O) groups excluding carboxylic acids is 2. The molecule has 200 valence electrons. The van der Waals surface area contributed by atoms with Crippen LogP contribution in [0.5, 0.6) is 0 Å². The van der Waals surface area contributed by atoms with Crippen molar-refractivity contribution in [2.45, 2.75) is 18.5 Å². The number of benzene rings is 1. The van der Waals surface area contributed by atoms with E-state index in [1.165, 1.54) is 6.92 Å². The molecule has 0 spiro atoms. The van der Waals surface area contributed by atoms with Crippen molar-refractivity contribution >= 4 is 56.3 Å². The largest absolute Gasteiger partial charge is 0.433 e. The Kier molecular flexibility index (Phi) is 6.26. The zero-order valence-corrected chi connectivity index (χ0v) is 21.0. The number of hydrogen-bond donors (Lipinski definition) is 2. The molecule has 8 nitrogen and oxygen atoms in total. The summed E-state index contributed by atoms with van der Waals surface area (Å²) in [5.74, 6) is -2.00. The average Bonchev–Trinajstić information content (AvgIpc) is 3.44. The van der Waals surface area contributed by atoms with Gasteiger partial charge in [-0.2, -0.15) is 27.1 Å². The van der Waals surface area contributed by atoms with E-state index in [1.54, 1.807) is 30.3 Å². The molecule has 4 heterocycles. The molecule has 2 amide bonds. The summed E-state index contributed by atoms with van der Waals surface area (Å²) in [5, 5.41) is 2.54. The number of nitrogens with one attached hydrogen (secondary N) is 1. The van der Waals surface area contributed by atoms with Crippen molar-refractivity contribution in [3.05, 3.63) is 76.2 Å². The van der Waals surface area contributed by atoms with Crippen molar-refractivity contribution in [3.63, 3.8) is 0 Å². The van der Waals surface area contributed by atoms with E-state index in [-0.39, 0.29) is 43.4 Å². The van der Waals surface area contributed by atoms with Crippen molar-refractivity contribution < 1.29 is 31.5 Å². The van der Waals surface area contributed by atoms with E-state index in [0.29, 0.717) is 21.4 Å². The molecule has 0 radical (unpaired) electrons. The zero-order chi connectivity index (χ0) is 28.3. The Morgan fingerprint density at radius 3 is 2.36 bits per heavy atom. The molecule has 0 bridgehead atoms. The number of aromatic nitrogens is 4. The van der Waals surface area contributed by atoms with Crippen LogP contribution in [0.3, 0.4) is 0 Å². The number of thiophene rings is 1. The van der Waals surface area contributed by atoms with Gasteiger partial charge in [-0.1, -0.05) is 30.3 Å². The first-order valence-corrected chi connectivity index (χ1v) is 12.1. The third-order valence-corrected chi connectivity index (χ3v) is 6.87. The predicted octanol–water partition coefficient (Wildman–Crippen LogP) is 5.97. The number of alkyl halides is 6. The molecule has 15 heteroatoms. The molecule has 4 aromatic heterocycles. The molecule has 5 aromatic rings. The highest BCUT2D eigenvalue weighted by atomic mass is 35.5. The molecule has 0 aliphatic rings. The topological polar surface area (TPSA) is 115 Å². The van der Waals surface area contributed by atoms with Gasteiger partial charge >= 0.3 is 11.6 Å². The van der Waals surface area contributed by atoms with E-state index in [1.807, 2.05) is 0 Å². The molecule has 0 fully saturated rings. The second-order valence-corrected chi connectivity index (χ2v) is 9.78. The molecule has 1 aromatic carbocycles. The molecule has 0 saturated heterocycles. The Bertz CT molecular complexity index is 1780. The molecule has 3 N–H and O–H groups in total. The SMILES string of the molecule is Cc1cc(C(F)(F)Cl)n2nc(C(=O)Nc3c(C(N)=O)sc4nc(C(F)(F)F)cc(-c5ccccc5)c34)cc2n1. The van der Waals surface area contributed by atoms with E-state index in [0.717, 1.165) is 18.2 Å². The van der Waals surface area contributed by atoms with Gasteiger partial charge in [0, 0.05) is 17.1 Å². The van der Waals surface area contributed by atoms with Gasteiger partial charge in [-0.15, -0.1) is 11.3 Å². The third-order valence-electron chi connectivity index (χ3n) is 5.58. The van der Waals surface area contributed by atoms with Crippen LogP contribution < -0.4 is 11.1 Å². The standard InChI is InChI=1S/C24H14ClF5N6O2S/c1-10-7-15(23(25,26)27)36-16(32-10)9-13(35-36)21(38)34-18-17-12(11-5-3-2-4-6-11)8-14(24(28,29)30)33-22(17)39-19(18)20(31)37/h2-9H,1H3,(H2,31,37)(H,34,38). The van der Waals surface area contributed by atoms with Gasteiger partial charge in [0.1, 0.15) is 21.1 Å². The lowest BCUT2D eigenvalue weighted by atomic mass is 10.0. The summed E-state index contributed by atoms with van der Waals surface area (Å²) in [4.78, 5) is 32.8. The number of pyridine rings is 1. The van der Waals surface area contributed by atoms with Gasteiger partial charge in [0.2, 0.25) is 0 Å². The van der Waals surface area contributed by atoms with E-state index >= 15 is 0 Å². The molecule has 0 aliphatic carbocycles.